The lowest BCUT2D eigenvalue weighted by atomic mass is 9.92. The molecule has 0 fully saturated rings. The van der Waals surface area contributed by atoms with Gasteiger partial charge in [-0.25, -0.2) is 0 Å². The predicted octanol–water partition coefficient (Wildman–Crippen LogP) is 1.44. The number of anilines is 1. The van der Waals surface area contributed by atoms with Crippen molar-refractivity contribution in [1.29, 1.82) is 0 Å². The summed E-state index contributed by atoms with van der Waals surface area (Å²) < 4.78 is 7.74. The highest BCUT2D eigenvalue weighted by molar-refractivity contribution is 6.99. The minimum atomic E-state index is -0.895. The third kappa shape index (κ3) is 2.16. The summed E-state index contributed by atoms with van der Waals surface area (Å²) in [5, 5.41) is 9.23. The number of carboxylic acid groups (broad SMARTS) is 1. The Morgan fingerprint density at radius 3 is 2.85 bits per heavy atom. The Morgan fingerprint density at radius 1 is 1.35 bits per heavy atom. The maximum atomic E-state index is 12.4. The van der Waals surface area contributed by atoms with Crippen LogP contribution in [-0.4, -0.2) is 32.3 Å². The van der Waals surface area contributed by atoms with Gasteiger partial charge in [0.15, 0.2) is 5.69 Å². The highest BCUT2D eigenvalue weighted by Gasteiger charge is 2.33. The number of aliphatic carboxylic acids is 1. The average molecular weight is 289 g/mol. The Bertz CT molecular complexity index is 657. The van der Waals surface area contributed by atoms with Crippen LogP contribution in [0.2, 0.25) is 0 Å². The van der Waals surface area contributed by atoms with Crippen LogP contribution in [0.25, 0.3) is 0 Å². The van der Waals surface area contributed by atoms with Crippen LogP contribution in [0.5, 0.6) is 0 Å². The third-order valence-electron chi connectivity index (χ3n) is 3.33. The highest BCUT2D eigenvalue weighted by atomic mass is 32.1. The molecule has 7 heteroatoms. The highest BCUT2D eigenvalue weighted by Crippen LogP contribution is 2.30. The number of carbonyl (C=O) groups is 2. The molecule has 1 aliphatic heterocycles. The molecule has 1 aliphatic rings. The first-order valence-electron chi connectivity index (χ1n) is 6.07. The van der Waals surface area contributed by atoms with Gasteiger partial charge in [-0.15, -0.1) is 0 Å². The first-order valence-corrected chi connectivity index (χ1v) is 6.80. The summed E-state index contributed by atoms with van der Waals surface area (Å²) in [6, 6.07) is 7.35. The quantitative estimate of drug-likeness (QED) is 0.904. The van der Waals surface area contributed by atoms with Gasteiger partial charge in [0.25, 0.3) is 5.91 Å². The smallest absolute Gasteiger partial charge is 0.308 e. The molecule has 0 spiro atoms. The monoisotopic (exact) mass is 289 g/mol. The molecule has 0 bridgehead atoms. The van der Waals surface area contributed by atoms with Crippen LogP contribution in [0.15, 0.2) is 30.5 Å². The standard InChI is InChI=1S/C13H11N3O3S/c17-12(10-6-14-20-15-10)16-7-9(13(18)19)5-8-3-1-2-4-11(8)16/h1-4,6,9H,5,7H2,(H,18,19). The number of hydrogen-bond acceptors (Lipinski definition) is 5. The molecular formula is C13H11N3O3S. The van der Waals surface area contributed by atoms with Gasteiger partial charge in [-0.05, 0) is 18.1 Å². The Balaban J connectivity index is 2.01. The maximum Gasteiger partial charge on any atom is 0.308 e. The van der Waals surface area contributed by atoms with Gasteiger partial charge >= 0.3 is 5.97 Å². The van der Waals surface area contributed by atoms with Gasteiger partial charge in [-0.3, -0.25) is 9.59 Å². The Kier molecular flexibility index (Phi) is 3.19. The predicted molar refractivity (Wildman–Crippen MR) is 72.9 cm³/mol. The zero-order valence-corrected chi connectivity index (χ0v) is 11.2. The first-order chi connectivity index (χ1) is 9.66. The van der Waals surface area contributed by atoms with E-state index in [1.807, 2.05) is 24.3 Å². The number of benzene rings is 1. The first kappa shape index (κ1) is 12.7. The van der Waals surface area contributed by atoms with Gasteiger partial charge in [-0.2, -0.15) is 8.75 Å². The summed E-state index contributed by atoms with van der Waals surface area (Å²) in [7, 11) is 0. The fraction of sp³-hybridized carbons (Fsp3) is 0.231. The zero-order valence-electron chi connectivity index (χ0n) is 10.4. The average Bonchev–Trinajstić information content (AvgIpc) is 2.99. The van der Waals surface area contributed by atoms with Crippen molar-refractivity contribution in [2.75, 3.05) is 11.4 Å². The van der Waals surface area contributed by atoms with Crippen LogP contribution in [0.1, 0.15) is 16.1 Å². The number of fused-ring (bicyclic) bond motifs is 1. The lowest BCUT2D eigenvalue weighted by Crippen LogP contribution is -2.42. The molecule has 1 atom stereocenters. The van der Waals surface area contributed by atoms with Crippen LogP contribution in [0, 0.1) is 5.92 Å². The second-order valence-electron chi connectivity index (χ2n) is 4.58. The van der Waals surface area contributed by atoms with E-state index in [9.17, 15) is 14.7 Å². The molecule has 1 aromatic heterocycles. The summed E-state index contributed by atoms with van der Waals surface area (Å²) in [5.41, 5.74) is 1.86. The second-order valence-corrected chi connectivity index (χ2v) is 5.13. The number of hydrogen-bond donors (Lipinski definition) is 1. The van der Waals surface area contributed by atoms with Crippen LogP contribution in [0.4, 0.5) is 5.69 Å². The van der Waals surface area contributed by atoms with E-state index in [-0.39, 0.29) is 18.1 Å². The van der Waals surface area contributed by atoms with Crippen molar-refractivity contribution in [3.8, 4) is 0 Å². The van der Waals surface area contributed by atoms with Gasteiger partial charge in [0.2, 0.25) is 0 Å². The number of carboxylic acids is 1. The summed E-state index contributed by atoms with van der Waals surface area (Å²) in [6.45, 7) is 0.155. The molecule has 3 rings (SSSR count). The SMILES string of the molecule is O=C(O)C1Cc2ccccc2N(C(=O)c2cnsn2)C1. The number of aromatic nitrogens is 2. The van der Waals surface area contributed by atoms with Crippen molar-refractivity contribution >= 4 is 29.3 Å². The van der Waals surface area contributed by atoms with E-state index in [1.165, 1.54) is 11.1 Å². The number of carbonyl (C=O) groups excluding carboxylic acids is 1. The Hall–Kier alpha value is -2.28. The number of rotatable bonds is 2. The van der Waals surface area contributed by atoms with Crippen molar-refractivity contribution in [2.45, 2.75) is 6.42 Å². The molecular weight excluding hydrogens is 278 g/mol. The van der Waals surface area contributed by atoms with Crippen LogP contribution >= 0.6 is 11.7 Å². The summed E-state index contributed by atoms with van der Waals surface area (Å²) >= 11 is 0.956. The molecule has 20 heavy (non-hydrogen) atoms. The van der Waals surface area contributed by atoms with E-state index < -0.39 is 11.9 Å². The van der Waals surface area contributed by atoms with Gasteiger partial charge in [0, 0.05) is 12.2 Å². The molecule has 1 N–H and O–H groups in total. The van der Waals surface area contributed by atoms with Crippen molar-refractivity contribution < 1.29 is 14.7 Å². The summed E-state index contributed by atoms with van der Waals surface area (Å²) in [5.74, 6) is -1.80. The van der Waals surface area contributed by atoms with Crippen molar-refractivity contribution in [3.05, 3.63) is 41.7 Å². The van der Waals surface area contributed by atoms with Gasteiger partial charge in [0.1, 0.15) is 0 Å². The van der Waals surface area contributed by atoms with Crippen molar-refractivity contribution in [3.63, 3.8) is 0 Å². The summed E-state index contributed by atoms with van der Waals surface area (Å²) in [4.78, 5) is 25.2. The fourth-order valence-electron chi connectivity index (χ4n) is 2.35. The van der Waals surface area contributed by atoms with Crippen LogP contribution in [-0.2, 0) is 11.2 Å². The van der Waals surface area contributed by atoms with Crippen molar-refractivity contribution in [2.24, 2.45) is 5.92 Å². The molecule has 1 amide bonds. The van der Waals surface area contributed by atoms with E-state index >= 15 is 0 Å². The molecule has 1 aromatic carbocycles. The third-order valence-corrected chi connectivity index (χ3v) is 3.80. The Morgan fingerprint density at radius 2 is 2.15 bits per heavy atom. The molecule has 2 aromatic rings. The molecule has 2 heterocycles. The van der Waals surface area contributed by atoms with E-state index in [1.54, 1.807) is 0 Å². The number of amides is 1. The van der Waals surface area contributed by atoms with Gasteiger partial charge < -0.3 is 10.0 Å². The van der Waals surface area contributed by atoms with Crippen LogP contribution in [0.3, 0.4) is 0 Å². The topological polar surface area (TPSA) is 83.4 Å². The molecule has 0 aliphatic carbocycles. The van der Waals surface area contributed by atoms with Gasteiger partial charge in [0.05, 0.1) is 23.8 Å². The second kappa shape index (κ2) is 5.01. The minimum Gasteiger partial charge on any atom is -0.481 e. The molecule has 0 saturated heterocycles. The molecule has 0 radical (unpaired) electrons. The fourth-order valence-corrected chi connectivity index (χ4v) is 2.76. The number of para-hydroxylation sites is 1. The van der Waals surface area contributed by atoms with E-state index in [0.29, 0.717) is 6.42 Å². The zero-order chi connectivity index (χ0) is 14.1. The maximum absolute atomic E-state index is 12.4. The normalized spacial score (nSPS) is 17.6. The molecule has 6 nitrogen and oxygen atoms in total. The van der Waals surface area contributed by atoms with Gasteiger partial charge in [-0.1, -0.05) is 18.2 Å². The van der Waals surface area contributed by atoms with E-state index in [0.717, 1.165) is 23.0 Å². The lowest BCUT2D eigenvalue weighted by molar-refractivity contribution is -0.141. The largest absolute Gasteiger partial charge is 0.481 e. The molecule has 102 valence electrons. The van der Waals surface area contributed by atoms with E-state index in [2.05, 4.69) is 8.75 Å². The molecule has 0 saturated carbocycles. The van der Waals surface area contributed by atoms with Crippen LogP contribution < -0.4 is 4.90 Å². The number of nitrogens with zero attached hydrogens (tertiary/aromatic N) is 3. The van der Waals surface area contributed by atoms with Crippen molar-refractivity contribution in [1.82, 2.24) is 8.75 Å². The lowest BCUT2D eigenvalue weighted by Gasteiger charge is -2.32. The minimum absolute atomic E-state index is 0.155. The Labute approximate surface area is 119 Å². The molecule has 1 unspecified atom stereocenters. The summed E-state index contributed by atoms with van der Waals surface area (Å²) in [6.07, 6.45) is 1.84. The van der Waals surface area contributed by atoms with E-state index in [4.69, 9.17) is 0 Å².